The van der Waals surface area contributed by atoms with Gasteiger partial charge < -0.3 is 9.80 Å². The van der Waals surface area contributed by atoms with E-state index in [2.05, 4.69) is 125 Å². The Balaban J connectivity index is 0.00000128. The monoisotopic (exact) mass is 554 g/mol. The van der Waals surface area contributed by atoms with Gasteiger partial charge in [-0.1, -0.05) is 92.7 Å². The number of aromatic nitrogens is 2. The molecule has 5 aromatic carbocycles. The fraction of sp³-hybridized carbons (Fsp3) is 0.0541. The molecule has 0 amide bonds. The third-order valence-electron chi connectivity index (χ3n) is 9.00. The summed E-state index contributed by atoms with van der Waals surface area (Å²) < 4.78 is 3.96. The van der Waals surface area contributed by atoms with Gasteiger partial charge in [0, 0.05) is 44.7 Å². The van der Waals surface area contributed by atoms with E-state index >= 15 is 0 Å². The van der Waals surface area contributed by atoms with Crippen molar-refractivity contribution in [3.8, 4) is 0 Å². The summed E-state index contributed by atoms with van der Waals surface area (Å²) in [6.45, 7) is 3.91. The molecule has 0 bridgehead atoms. The number of rotatable bonds is 2. The molecule has 0 fully saturated rings. The average molecular weight is 554 g/mol. The van der Waals surface area contributed by atoms with Gasteiger partial charge in [-0.3, -0.25) is 9.13 Å². The van der Waals surface area contributed by atoms with E-state index in [9.17, 15) is 4.79 Å². The zero-order valence-electron chi connectivity index (χ0n) is 23.9. The molecule has 0 saturated heterocycles. The highest BCUT2D eigenvalue weighted by molar-refractivity contribution is 7.01. The van der Waals surface area contributed by atoms with Gasteiger partial charge in [0.25, 0.3) is 6.71 Å². The van der Waals surface area contributed by atoms with Gasteiger partial charge in [0.1, 0.15) is 0 Å². The molecule has 0 saturated carbocycles. The Kier molecular flexibility index (Phi) is 4.92. The first-order valence-corrected chi connectivity index (χ1v) is 15.0. The van der Waals surface area contributed by atoms with Crippen molar-refractivity contribution in [1.82, 2.24) is 9.13 Å². The molecule has 0 atom stereocenters. The Morgan fingerprint density at radius 1 is 0.488 bits per heavy atom. The lowest BCUT2D eigenvalue weighted by molar-refractivity contribution is 0.246. The minimum atomic E-state index is -0.0939. The Hall–Kier alpha value is -5.49. The number of hydrogen-bond donors (Lipinski definition) is 0. The van der Waals surface area contributed by atoms with Crippen LogP contribution in [-0.2, 0) is 0 Å². The molecular weight excluding hydrogens is 527 g/mol. The number of hydrogen-bond acceptors (Lipinski definition) is 3. The highest BCUT2D eigenvalue weighted by Gasteiger charge is 2.52. The van der Waals surface area contributed by atoms with Crippen LogP contribution in [0.5, 0.6) is 0 Å². The number of carbonyl (C=O) groups excluding carboxylic acids is 1. The molecule has 3 aliphatic heterocycles. The topological polar surface area (TPSA) is 33.4 Å². The van der Waals surface area contributed by atoms with Crippen molar-refractivity contribution in [3.05, 3.63) is 127 Å². The smallest absolute Gasteiger partial charge is 0.309 e. The Morgan fingerprint density at radius 2 is 0.907 bits per heavy atom. The highest BCUT2D eigenvalue weighted by atomic mass is 16.2. The molecule has 7 aromatic rings. The largest absolute Gasteiger partial charge is 0.336 e. The summed E-state index contributed by atoms with van der Waals surface area (Å²) in [4.78, 5) is 19.5. The fourth-order valence-corrected chi connectivity index (χ4v) is 7.56. The number of carbonyl (C=O) groups is 1. The van der Waals surface area contributed by atoms with E-state index in [1.54, 1.807) is 0 Å². The minimum Gasteiger partial charge on any atom is -0.309 e. The Bertz CT molecular complexity index is 2100. The van der Waals surface area contributed by atoms with Gasteiger partial charge in [-0.2, -0.15) is 0 Å². The molecule has 5 nitrogen and oxygen atoms in total. The van der Waals surface area contributed by atoms with Crippen LogP contribution in [0.3, 0.4) is 0 Å². The molecule has 0 N–H and O–H groups in total. The van der Waals surface area contributed by atoms with Crippen molar-refractivity contribution in [3.63, 3.8) is 0 Å². The molecule has 2 aromatic heterocycles. The standard InChI is InChI=1S/C35H21BN4O.C2H6/c41-35-39-26-18-9-7-16-24(26)31-33(39)36-30-28(37(31)22-12-3-1-4-13-22)20-11-21-29(30)38(23-14-5-2-6-15-23)32-25-17-8-10-19-27(25)40(35)34(32)36;1-2/h1-21H;1-2H3. The molecular formula is C37H27BN4O. The second kappa shape index (κ2) is 8.76. The van der Waals surface area contributed by atoms with E-state index in [0.717, 1.165) is 67.1 Å². The zero-order valence-corrected chi connectivity index (χ0v) is 23.9. The van der Waals surface area contributed by atoms with Gasteiger partial charge in [-0.25, -0.2) is 4.79 Å². The maximum absolute atomic E-state index is 14.8. The molecule has 0 unspecified atom stereocenters. The van der Waals surface area contributed by atoms with Crippen molar-refractivity contribution in [2.24, 2.45) is 0 Å². The first-order valence-electron chi connectivity index (χ1n) is 15.0. The minimum absolute atomic E-state index is 0.0278. The number of fused-ring (bicyclic) bond motifs is 6. The molecule has 0 radical (unpaired) electrons. The Labute approximate surface area is 249 Å². The van der Waals surface area contributed by atoms with E-state index in [0.29, 0.717) is 0 Å². The van der Waals surface area contributed by atoms with Gasteiger partial charge >= 0.3 is 6.03 Å². The first kappa shape index (κ1) is 24.1. The van der Waals surface area contributed by atoms with Crippen LogP contribution in [-0.4, -0.2) is 21.9 Å². The van der Waals surface area contributed by atoms with Crippen LogP contribution in [0.1, 0.15) is 13.8 Å². The number of anilines is 6. The van der Waals surface area contributed by atoms with Crippen molar-refractivity contribution in [2.45, 2.75) is 13.8 Å². The van der Waals surface area contributed by atoms with E-state index in [-0.39, 0.29) is 12.7 Å². The number of nitrogens with zero attached hydrogens (tertiary/aromatic N) is 4. The van der Waals surface area contributed by atoms with Crippen LogP contribution in [0.25, 0.3) is 21.8 Å². The molecule has 0 aliphatic carbocycles. The summed E-state index contributed by atoms with van der Waals surface area (Å²) in [5, 5.41) is 2.16. The van der Waals surface area contributed by atoms with Crippen LogP contribution < -0.4 is 26.4 Å². The number of benzene rings is 5. The van der Waals surface area contributed by atoms with Gasteiger partial charge in [-0.05, 0) is 54.0 Å². The summed E-state index contributed by atoms with van der Waals surface area (Å²) in [7, 11) is 0. The van der Waals surface area contributed by atoms with Crippen LogP contribution in [0.2, 0.25) is 0 Å². The molecule has 204 valence electrons. The van der Waals surface area contributed by atoms with E-state index < -0.39 is 0 Å². The second-order valence-electron chi connectivity index (χ2n) is 10.9. The molecule has 10 rings (SSSR count). The van der Waals surface area contributed by atoms with E-state index in [4.69, 9.17) is 0 Å². The van der Waals surface area contributed by atoms with Crippen molar-refractivity contribution < 1.29 is 4.79 Å². The van der Waals surface area contributed by atoms with Crippen LogP contribution in [0, 0.1) is 0 Å². The molecule has 43 heavy (non-hydrogen) atoms. The van der Waals surface area contributed by atoms with E-state index in [1.807, 2.05) is 35.1 Å². The Morgan fingerprint density at radius 3 is 1.37 bits per heavy atom. The predicted molar refractivity (Wildman–Crippen MR) is 179 cm³/mol. The second-order valence-corrected chi connectivity index (χ2v) is 10.9. The van der Waals surface area contributed by atoms with Crippen LogP contribution in [0.4, 0.5) is 38.9 Å². The predicted octanol–water partition coefficient (Wildman–Crippen LogP) is 7.53. The van der Waals surface area contributed by atoms with Gasteiger partial charge in [0.15, 0.2) is 0 Å². The van der Waals surface area contributed by atoms with Crippen LogP contribution >= 0.6 is 0 Å². The summed E-state index contributed by atoms with van der Waals surface area (Å²) >= 11 is 0. The quantitative estimate of drug-likeness (QED) is 0.207. The molecule has 5 heterocycles. The average Bonchev–Trinajstić information content (AvgIpc) is 3.60. The van der Waals surface area contributed by atoms with Crippen LogP contribution in [0.15, 0.2) is 127 Å². The van der Waals surface area contributed by atoms with Gasteiger partial charge in [-0.15, -0.1) is 0 Å². The zero-order chi connectivity index (χ0) is 28.8. The summed E-state index contributed by atoms with van der Waals surface area (Å²) in [5.74, 6) is 0. The molecule has 3 aliphatic rings. The van der Waals surface area contributed by atoms with Crippen molar-refractivity contribution >= 4 is 85.3 Å². The molecule has 6 heteroatoms. The van der Waals surface area contributed by atoms with Gasteiger partial charge in [0.2, 0.25) is 0 Å². The molecule has 0 spiro atoms. The first-order chi connectivity index (χ1) is 21.3. The van der Waals surface area contributed by atoms with Crippen molar-refractivity contribution in [1.29, 1.82) is 0 Å². The lowest BCUT2D eigenvalue weighted by Crippen LogP contribution is -2.68. The van der Waals surface area contributed by atoms with E-state index in [1.165, 1.54) is 5.46 Å². The maximum Gasteiger partial charge on any atom is 0.336 e. The third-order valence-corrected chi connectivity index (χ3v) is 9.00. The lowest BCUT2D eigenvalue weighted by Gasteiger charge is -2.44. The fourth-order valence-electron chi connectivity index (χ4n) is 7.56. The third kappa shape index (κ3) is 2.90. The van der Waals surface area contributed by atoms with Crippen molar-refractivity contribution in [2.75, 3.05) is 9.80 Å². The summed E-state index contributed by atoms with van der Waals surface area (Å²) in [5.41, 5.74) is 11.8. The van der Waals surface area contributed by atoms with Gasteiger partial charge in [0.05, 0.1) is 22.4 Å². The number of para-hydroxylation sites is 4. The summed E-state index contributed by atoms with van der Waals surface area (Å²) in [6, 6.07) is 44.3. The maximum atomic E-state index is 14.8. The summed E-state index contributed by atoms with van der Waals surface area (Å²) in [6.07, 6.45) is 0. The normalized spacial score (nSPS) is 13.7. The highest BCUT2D eigenvalue weighted by Crippen LogP contribution is 2.49. The lowest BCUT2D eigenvalue weighted by atomic mass is 9.36. The SMILES string of the molecule is CC.O=C1n2c3c(c4ccccc42)N(c2ccccc2)c2cccc4c2B3c2c(c3ccccc3n21)N4c1ccccc1.